The summed E-state index contributed by atoms with van der Waals surface area (Å²) in [6.45, 7) is 0. The fourth-order valence-electron chi connectivity index (χ4n) is 1.90. The van der Waals surface area contributed by atoms with E-state index in [1.165, 1.54) is 18.2 Å². The highest BCUT2D eigenvalue weighted by atomic mass is 32.2. The molecule has 0 aliphatic heterocycles. The van der Waals surface area contributed by atoms with Crippen LogP contribution in [0.15, 0.2) is 23.1 Å². The van der Waals surface area contributed by atoms with E-state index in [2.05, 4.69) is 9.97 Å². The van der Waals surface area contributed by atoms with Crippen molar-refractivity contribution in [2.24, 2.45) is 0 Å². The zero-order valence-electron chi connectivity index (χ0n) is 11.4. The van der Waals surface area contributed by atoms with Crippen molar-refractivity contribution in [1.29, 1.82) is 10.5 Å². The number of nitrogens with zero attached hydrogens (tertiary/aromatic N) is 4. The Labute approximate surface area is 126 Å². The summed E-state index contributed by atoms with van der Waals surface area (Å²) in [7, 11) is -3.55. The molecule has 0 aliphatic rings. The van der Waals surface area contributed by atoms with Gasteiger partial charge in [-0.1, -0.05) is 6.07 Å². The summed E-state index contributed by atoms with van der Waals surface area (Å²) in [5.41, 5.74) is 11.6. The van der Waals surface area contributed by atoms with Gasteiger partial charge in [-0.2, -0.15) is 15.5 Å². The molecule has 2 rings (SSSR count). The lowest BCUT2D eigenvalue weighted by atomic mass is 10.0. The standard InChI is InChI=1S/C13H10N6O2S/c1-22(20,21)10-3-2-7(4-8(10)5-14)11-9(6-15)12(16)19-13(17)18-11/h2-4H,1H3,(H4,16,17,18,19). The van der Waals surface area contributed by atoms with Crippen molar-refractivity contribution >= 4 is 21.6 Å². The molecule has 0 radical (unpaired) electrons. The zero-order chi connectivity index (χ0) is 16.5. The van der Waals surface area contributed by atoms with Crippen LogP contribution >= 0.6 is 0 Å². The number of anilines is 2. The van der Waals surface area contributed by atoms with Crippen LogP contribution in [0, 0.1) is 22.7 Å². The first-order valence-electron chi connectivity index (χ1n) is 5.85. The van der Waals surface area contributed by atoms with E-state index in [0.29, 0.717) is 5.56 Å². The molecule has 0 atom stereocenters. The second-order valence-electron chi connectivity index (χ2n) is 4.40. The lowest BCUT2D eigenvalue weighted by molar-refractivity contribution is 0.601. The van der Waals surface area contributed by atoms with Crippen molar-refractivity contribution in [2.45, 2.75) is 4.90 Å². The van der Waals surface area contributed by atoms with Crippen molar-refractivity contribution in [3.8, 4) is 23.4 Å². The molecule has 8 nitrogen and oxygen atoms in total. The highest BCUT2D eigenvalue weighted by molar-refractivity contribution is 7.90. The normalized spacial score (nSPS) is 10.7. The van der Waals surface area contributed by atoms with Gasteiger partial charge in [0, 0.05) is 11.8 Å². The average Bonchev–Trinajstić information content (AvgIpc) is 2.44. The fourth-order valence-corrected chi connectivity index (χ4v) is 2.72. The number of sulfone groups is 1. The molecule has 1 heterocycles. The molecule has 0 bridgehead atoms. The van der Waals surface area contributed by atoms with Gasteiger partial charge in [-0.05, 0) is 12.1 Å². The van der Waals surface area contributed by atoms with Gasteiger partial charge in [-0.25, -0.2) is 13.4 Å². The van der Waals surface area contributed by atoms with Crippen LogP contribution in [-0.2, 0) is 9.84 Å². The molecule has 4 N–H and O–H groups in total. The lowest BCUT2D eigenvalue weighted by Gasteiger charge is -2.08. The second-order valence-corrected chi connectivity index (χ2v) is 6.38. The third-order valence-electron chi connectivity index (χ3n) is 2.84. The molecule has 22 heavy (non-hydrogen) atoms. The van der Waals surface area contributed by atoms with Gasteiger partial charge in [0.1, 0.15) is 23.5 Å². The van der Waals surface area contributed by atoms with Crippen molar-refractivity contribution < 1.29 is 8.42 Å². The topological polar surface area (TPSA) is 160 Å². The molecule has 0 spiro atoms. The van der Waals surface area contributed by atoms with Gasteiger partial charge in [-0.3, -0.25) is 0 Å². The van der Waals surface area contributed by atoms with Gasteiger partial charge >= 0.3 is 0 Å². The Morgan fingerprint density at radius 2 is 1.82 bits per heavy atom. The van der Waals surface area contributed by atoms with Crippen LogP contribution < -0.4 is 11.5 Å². The molecule has 0 aliphatic carbocycles. The van der Waals surface area contributed by atoms with E-state index in [-0.39, 0.29) is 33.5 Å². The number of nitriles is 2. The second kappa shape index (κ2) is 5.31. The number of benzene rings is 1. The lowest BCUT2D eigenvalue weighted by Crippen LogP contribution is -2.06. The molecular weight excluding hydrogens is 304 g/mol. The zero-order valence-corrected chi connectivity index (χ0v) is 12.2. The van der Waals surface area contributed by atoms with Crippen molar-refractivity contribution in [3.63, 3.8) is 0 Å². The van der Waals surface area contributed by atoms with E-state index in [9.17, 15) is 8.42 Å². The van der Waals surface area contributed by atoms with Crippen LogP contribution in [0.2, 0.25) is 0 Å². The van der Waals surface area contributed by atoms with Gasteiger partial charge < -0.3 is 11.5 Å². The summed E-state index contributed by atoms with van der Waals surface area (Å²) in [6.07, 6.45) is 1.00. The molecule has 0 fully saturated rings. The van der Waals surface area contributed by atoms with Crippen molar-refractivity contribution in [3.05, 3.63) is 29.3 Å². The maximum atomic E-state index is 11.6. The monoisotopic (exact) mass is 314 g/mol. The summed E-state index contributed by atoms with van der Waals surface area (Å²) in [5.74, 6) is -0.215. The molecule has 0 saturated carbocycles. The Morgan fingerprint density at radius 3 is 2.36 bits per heavy atom. The summed E-state index contributed by atoms with van der Waals surface area (Å²) in [4.78, 5) is 7.53. The molecule has 0 saturated heterocycles. The number of hydrogen-bond donors (Lipinski definition) is 2. The number of rotatable bonds is 2. The van der Waals surface area contributed by atoms with Crippen LogP contribution in [0.25, 0.3) is 11.3 Å². The third-order valence-corrected chi connectivity index (χ3v) is 3.99. The van der Waals surface area contributed by atoms with E-state index in [0.717, 1.165) is 6.26 Å². The molecular formula is C13H10N6O2S. The predicted octanol–water partition coefficient (Wildman–Crippen LogP) is 0.455. The number of hydrogen-bond acceptors (Lipinski definition) is 8. The van der Waals surface area contributed by atoms with Crippen LogP contribution in [-0.4, -0.2) is 24.6 Å². The maximum Gasteiger partial charge on any atom is 0.222 e. The van der Waals surface area contributed by atoms with Gasteiger partial charge in [0.15, 0.2) is 9.84 Å². The van der Waals surface area contributed by atoms with E-state index < -0.39 is 9.84 Å². The Bertz CT molecular complexity index is 954. The van der Waals surface area contributed by atoms with Gasteiger partial charge in [0.2, 0.25) is 5.95 Å². The SMILES string of the molecule is CS(=O)(=O)c1ccc(-c2nc(N)nc(N)c2C#N)cc1C#N. The molecule has 110 valence electrons. The Kier molecular flexibility index (Phi) is 3.68. The molecule has 1 aromatic carbocycles. The van der Waals surface area contributed by atoms with Gasteiger partial charge in [0.05, 0.1) is 16.2 Å². The number of nitrogens with two attached hydrogens (primary N) is 2. The first-order valence-corrected chi connectivity index (χ1v) is 7.74. The van der Waals surface area contributed by atoms with E-state index >= 15 is 0 Å². The Balaban J connectivity index is 2.77. The van der Waals surface area contributed by atoms with Crippen LogP contribution in [0.1, 0.15) is 11.1 Å². The maximum absolute atomic E-state index is 11.6. The van der Waals surface area contributed by atoms with Crippen molar-refractivity contribution in [2.75, 3.05) is 17.7 Å². The number of aromatic nitrogens is 2. The molecule has 0 unspecified atom stereocenters. The summed E-state index contributed by atoms with van der Waals surface area (Å²) >= 11 is 0. The quantitative estimate of drug-likeness (QED) is 0.808. The van der Waals surface area contributed by atoms with Gasteiger partial charge in [0.25, 0.3) is 0 Å². The van der Waals surface area contributed by atoms with Crippen LogP contribution in [0.3, 0.4) is 0 Å². The highest BCUT2D eigenvalue weighted by Crippen LogP contribution is 2.28. The summed E-state index contributed by atoms with van der Waals surface area (Å²) in [6, 6.07) is 7.70. The van der Waals surface area contributed by atoms with Crippen LogP contribution in [0.5, 0.6) is 0 Å². The Morgan fingerprint density at radius 1 is 1.14 bits per heavy atom. The fraction of sp³-hybridized carbons (Fsp3) is 0.0769. The van der Waals surface area contributed by atoms with E-state index in [1.54, 1.807) is 0 Å². The largest absolute Gasteiger partial charge is 0.382 e. The van der Waals surface area contributed by atoms with Crippen molar-refractivity contribution in [1.82, 2.24) is 9.97 Å². The van der Waals surface area contributed by atoms with Gasteiger partial charge in [-0.15, -0.1) is 0 Å². The minimum atomic E-state index is -3.55. The van der Waals surface area contributed by atoms with E-state index in [4.69, 9.17) is 22.0 Å². The van der Waals surface area contributed by atoms with Crippen LogP contribution in [0.4, 0.5) is 11.8 Å². The summed E-state index contributed by atoms with van der Waals surface area (Å²) < 4.78 is 23.2. The minimum absolute atomic E-state index is 0.00481. The first-order chi connectivity index (χ1) is 10.3. The average molecular weight is 314 g/mol. The highest BCUT2D eigenvalue weighted by Gasteiger charge is 2.18. The van der Waals surface area contributed by atoms with E-state index in [1.807, 2.05) is 12.1 Å². The number of nitrogen functional groups attached to an aromatic ring is 2. The third kappa shape index (κ3) is 2.66. The Hall–Kier alpha value is -3.17. The summed E-state index contributed by atoms with van der Waals surface area (Å²) in [5, 5.41) is 18.3. The molecule has 1 aromatic heterocycles. The predicted molar refractivity (Wildman–Crippen MR) is 78.8 cm³/mol. The molecule has 2 aromatic rings. The molecule has 9 heteroatoms. The first kappa shape index (κ1) is 15.2. The molecule has 0 amide bonds. The minimum Gasteiger partial charge on any atom is -0.382 e. The smallest absolute Gasteiger partial charge is 0.222 e.